The second-order valence-electron chi connectivity index (χ2n) is 5.34. The van der Waals surface area contributed by atoms with Crippen molar-refractivity contribution in [2.75, 3.05) is 0 Å². The second-order valence-corrected chi connectivity index (χ2v) is 5.34. The highest BCUT2D eigenvalue weighted by Gasteiger charge is 2.28. The lowest BCUT2D eigenvalue weighted by molar-refractivity contribution is -0.130. The zero-order chi connectivity index (χ0) is 15.5. The van der Waals surface area contributed by atoms with E-state index in [9.17, 15) is 9.59 Å². The average molecular weight is 286 g/mol. The first-order valence-corrected chi connectivity index (χ1v) is 6.78. The number of carbonyl (C=O) groups excluding carboxylic acids is 2. The van der Waals surface area contributed by atoms with Crippen molar-refractivity contribution in [3.05, 3.63) is 54.1 Å². The second kappa shape index (κ2) is 5.95. The van der Waals surface area contributed by atoms with Crippen molar-refractivity contribution >= 4 is 11.9 Å². The van der Waals surface area contributed by atoms with Gasteiger partial charge in [0.2, 0.25) is 0 Å². The lowest BCUT2D eigenvalue weighted by atomic mass is 10.1. The summed E-state index contributed by atoms with van der Waals surface area (Å²) in [5, 5.41) is 0. The number of hydrogen-bond acceptors (Lipinski definition) is 4. The molecule has 1 aromatic rings. The van der Waals surface area contributed by atoms with E-state index in [0.717, 1.165) is 12.8 Å². The lowest BCUT2D eigenvalue weighted by Crippen LogP contribution is -2.27. The summed E-state index contributed by atoms with van der Waals surface area (Å²) >= 11 is 0. The fourth-order valence-corrected chi connectivity index (χ4v) is 1.99. The van der Waals surface area contributed by atoms with Crippen LogP contribution in [-0.4, -0.2) is 17.5 Å². The molecule has 0 radical (unpaired) electrons. The molecule has 21 heavy (non-hydrogen) atoms. The van der Waals surface area contributed by atoms with Gasteiger partial charge < -0.3 is 9.47 Å². The van der Waals surface area contributed by atoms with Crippen LogP contribution in [0.3, 0.4) is 0 Å². The van der Waals surface area contributed by atoms with Crippen LogP contribution in [-0.2, 0) is 9.53 Å². The van der Waals surface area contributed by atoms with Gasteiger partial charge in [-0.15, -0.1) is 0 Å². The molecule has 0 heterocycles. The summed E-state index contributed by atoms with van der Waals surface area (Å²) in [4.78, 5) is 23.5. The van der Waals surface area contributed by atoms with Gasteiger partial charge in [-0.05, 0) is 57.0 Å². The Kier molecular flexibility index (Phi) is 4.26. The Morgan fingerprint density at radius 1 is 1.24 bits per heavy atom. The van der Waals surface area contributed by atoms with E-state index in [4.69, 9.17) is 9.47 Å². The van der Waals surface area contributed by atoms with Crippen LogP contribution in [0.1, 0.15) is 37.0 Å². The molecule has 0 spiro atoms. The standard InChI is InChI=1S/C17H18O4/c1-12(2)15(18)20-14-8-6-13(7-9-14)16(19)21-17(3)10-4-5-11-17/h4,6-10H,1,5,11H2,2-3H3. The van der Waals surface area contributed by atoms with Crippen LogP contribution in [0.4, 0.5) is 0 Å². The van der Waals surface area contributed by atoms with Crippen LogP contribution in [0.15, 0.2) is 48.6 Å². The predicted octanol–water partition coefficient (Wildman–Crippen LogP) is 3.43. The minimum Gasteiger partial charge on any atom is -0.452 e. The maximum absolute atomic E-state index is 12.1. The van der Waals surface area contributed by atoms with E-state index in [-0.39, 0.29) is 5.97 Å². The zero-order valence-corrected chi connectivity index (χ0v) is 12.2. The Balaban J connectivity index is 2.01. The molecule has 0 aliphatic heterocycles. The Hall–Kier alpha value is -2.36. The molecule has 1 aliphatic carbocycles. The molecule has 4 heteroatoms. The predicted molar refractivity (Wildman–Crippen MR) is 79.1 cm³/mol. The van der Waals surface area contributed by atoms with Crippen LogP contribution in [0, 0.1) is 0 Å². The van der Waals surface area contributed by atoms with Gasteiger partial charge in [-0.3, -0.25) is 0 Å². The number of allylic oxidation sites excluding steroid dienone is 1. The highest BCUT2D eigenvalue weighted by molar-refractivity contribution is 5.91. The summed E-state index contributed by atoms with van der Waals surface area (Å²) in [7, 11) is 0. The highest BCUT2D eigenvalue weighted by Crippen LogP contribution is 2.27. The van der Waals surface area contributed by atoms with Crippen LogP contribution < -0.4 is 4.74 Å². The molecule has 4 nitrogen and oxygen atoms in total. The third-order valence-electron chi connectivity index (χ3n) is 3.25. The van der Waals surface area contributed by atoms with Gasteiger partial charge in [0.1, 0.15) is 11.4 Å². The van der Waals surface area contributed by atoms with Crippen LogP contribution in [0.5, 0.6) is 5.75 Å². The van der Waals surface area contributed by atoms with Gasteiger partial charge in [0.25, 0.3) is 0 Å². The summed E-state index contributed by atoms with van der Waals surface area (Å²) in [6, 6.07) is 6.27. The van der Waals surface area contributed by atoms with Crippen LogP contribution >= 0.6 is 0 Å². The van der Waals surface area contributed by atoms with Gasteiger partial charge in [0.15, 0.2) is 0 Å². The number of ether oxygens (including phenoxy) is 2. The van der Waals surface area contributed by atoms with Crippen LogP contribution in [0.25, 0.3) is 0 Å². The fourth-order valence-electron chi connectivity index (χ4n) is 1.99. The smallest absolute Gasteiger partial charge is 0.338 e. The molecule has 1 unspecified atom stereocenters. The molecule has 0 fully saturated rings. The van der Waals surface area contributed by atoms with Crippen molar-refractivity contribution in [2.45, 2.75) is 32.3 Å². The third-order valence-corrected chi connectivity index (χ3v) is 3.25. The van der Waals surface area contributed by atoms with Crippen molar-refractivity contribution in [1.82, 2.24) is 0 Å². The molecule has 2 rings (SSSR count). The first-order chi connectivity index (χ1) is 9.89. The van der Waals surface area contributed by atoms with Gasteiger partial charge in [-0.2, -0.15) is 0 Å². The van der Waals surface area contributed by atoms with E-state index < -0.39 is 11.6 Å². The monoisotopic (exact) mass is 286 g/mol. The molecular formula is C17H18O4. The van der Waals surface area contributed by atoms with Crippen molar-refractivity contribution in [2.24, 2.45) is 0 Å². The zero-order valence-electron chi connectivity index (χ0n) is 12.2. The first kappa shape index (κ1) is 15.0. The number of carbonyl (C=O) groups is 2. The van der Waals surface area contributed by atoms with E-state index in [1.807, 2.05) is 19.1 Å². The van der Waals surface area contributed by atoms with E-state index >= 15 is 0 Å². The number of esters is 2. The van der Waals surface area contributed by atoms with Gasteiger partial charge in [0, 0.05) is 5.57 Å². The van der Waals surface area contributed by atoms with Crippen molar-refractivity contribution < 1.29 is 19.1 Å². The summed E-state index contributed by atoms with van der Waals surface area (Å²) in [5.41, 5.74) is 0.216. The highest BCUT2D eigenvalue weighted by atomic mass is 16.6. The molecule has 0 aromatic heterocycles. The molecule has 0 saturated carbocycles. The SMILES string of the molecule is C=C(C)C(=O)Oc1ccc(C(=O)OC2(C)C=CCC2)cc1. The first-order valence-electron chi connectivity index (χ1n) is 6.78. The van der Waals surface area contributed by atoms with E-state index in [1.54, 1.807) is 31.2 Å². The Bertz CT molecular complexity index is 598. The Morgan fingerprint density at radius 3 is 2.43 bits per heavy atom. The fraction of sp³-hybridized carbons (Fsp3) is 0.294. The Morgan fingerprint density at radius 2 is 1.90 bits per heavy atom. The largest absolute Gasteiger partial charge is 0.452 e. The molecule has 1 aliphatic rings. The normalized spacial score (nSPS) is 20.1. The molecular weight excluding hydrogens is 268 g/mol. The average Bonchev–Trinajstić information content (AvgIpc) is 2.85. The topological polar surface area (TPSA) is 52.6 Å². The number of rotatable bonds is 4. The van der Waals surface area contributed by atoms with Crippen molar-refractivity contribution in [3.63, 3.8) is 0 Å². The summed E-state index contributed by atoms with van der Waals surface area (Å²) in [5.74, 6) is -0.512. The van der Waals surface area contributed by atoms with Crippen molar-refractivity contribution in [1.29, 1.82) is 0 Å². The molecule has 1 atom stereocenters. The Labute approximate surface area is 124 Å². The molecule has 0 bridgehead atoms. The van der Waals surface area contributed by atoms with Gasteiger partial charge in [0.05, 0.1) is 5.56 Å². The van der Waals surface area contributed by atoms with Gasteiger partial charge >= 0.3 is 11.9 Å². The summed E-state index contributed by atoms with van der Waals surface area (Å²) < 4.78 is 10.6. The van der Waals surface area contributed by atoms with E-state index in [0.29, 0.717) is 16.9 Å². The number of hydrogen-bond donors (Lipinski definition) is 0. The molecule has 0 amide bonds. The maximum atomic E-state index is 12.1. The maximum Gasteiger partial charge on any atom is 0.338 e. The quantitative estimate of drug-likeness (QED) is 0.368. The summed E-state index contributed by atoms with van der Waals surface area (Å²) in [6.07, 6.45) is 5.63. The minimum absolute atomic E-state index is 0.319. The molecule has 1 aromatic carbocycles. The summed E-state index contributed by atoms with van der Waals surface area (Å²) in [6.45, 7) is 6.97. The third kappa shape index (κ3) is 3.81. The van der Waals surface area contributed by atoms with Gasteiger partial charge in [-0.25, -0.2) is 9.59 Å². The van der Waals surface area contributed by atoms with Crippen molar-refractivity contribution in [3.8, 4) is 5.75 Å². The number of benzene rings is 1. The lowest BCUT2D eigenvalue weighted by Gasteiger charge is -2.22. The van der Waals surface area contributed by atoms with E-state index in [1.165, 1.54) is 0 Å². The minimum atomic E-state index is -0.526. The van der Waals surface area contributed by atoms with E-state index in [2.05, 4.69) is 6.58 Å². The molecule has 0 N–H and O–H groups in total. The van der Waals surface area contributed by atoms with Crippen LogP contribution in [0.2, 0.25) is 0 Å². The van der Waals surface area contributed by atoms with Gasteiger partial charge in [-0.1, -0.05) is 12.7 Å². The molecule has 110 valence electrons. The molecule has 0 saturated heterocycles.